The van der Waals surface area contributed by atoms with Gasteiger partial charge in [0.1, 0.15) is 5.75 Å². The average molecular weight is 421 g/mol. The Kier molecular flexibility index (Phi) is 6.80. The van der Waals surface area contributed by atoms with Gasteiger partial charge in [0, 0.05) is 19.6 Å². The SMILES string of the molecule is COc1ccc(S(=O)(=O)NC(CN2CCOCC2)c2ccccc2)c([N+](=O)[O-])c1. The molecule has 1 fully saturated rings. The van der Waals surface area contributed by atoms with Crippen molar-refractivity contribution < 1.29 is 22.8 Å². The molecule has 0 amide bonds. The first-order valence-corrected chi connectivity index (χ1v) is 10.6. The molecule has 1 saturated heterocycles. The number of rotatable bonds is 8. The number of nitrogens with zero attached hydrogens (tertiary/aromatic N) is 2. The fourth-order valence-electron chi connectivity index (χ4n) is 3.18. The van der Waals surface area contributed by atoms with Crippen LogP contribution in [0.5, 0.6) is 5.75 Å². The lowest BCUT2D eigenvalue weighted by Gasteiger charge is -2.31. The highest BCUT2D eigenvalue weighted by Crippen LogP contribution is 2.29. The van der Waals surface area contributed by atoms with Crippen molar-refractivity contribution in [2.24, 2.45) is 0 Å². The number of nitro benzene ring substituents is 1. The van der Waals surface area contributed by atoms with E-state index in [2.05, 4.69) is 9.62 Å². The molecule has 0 aromatic heterocycles. The minimum atomic E-state index is -4.16. The number of methoxy groups -OCH3 is 1. The van der Waals surface area contributed by atoms with Crippen molar-refractivity contribution in [3.63, 3.8) is 0 Å². The van der Waals surface area contributed by atoms with Crippen molar-refractivity contribution in [1.82, 2.24) is 9.62 Å². The zero-order chi connectivity index (χ0) is 20.9. The molecule has 0 aliphatic carbocycles. The molecular weight excluding hydrogens is 398 g/mol. The van der Waals surface area contributed by atoms with Crippen molar-refractivity contribution in [3.8, 4) is 5.75 Å². The first kappa shape index (κ1) is 21.2. The van der Waals surface area contributed by atoms with E-state index < -0.39 is 31.6 Å². The Morgan fingerprint density at radius 2 is 1.90 bits per heavy atom. The van der Waals surface area contributed by atoms with Crippen LogP contribution in [-0.4, -0.2) is 58.2 Å². The topological polar surface area (TPSA) is 111 Å². The van der Waals surface area contributed by atoms with Gasteiger partial charge in [-0.3, -0.25) is 15.0 Å². The summed E-state index contributed by atoms with van der Waals surface area (Å²) in [4.78, 5) is 12.4. The van der Waals surface area contributed by atoms with E-state index in [1.165, 1.54) is 19.2 Å². The Labute approximate surface area is 169 Å². The number of morpholine rings is 1. The molecule has 1 atom stereocenters. The molecule has 156 valence electrons. The van der Waals surface area contributed by atoms with Crippen LogP contribution in [0.15, 0.2) is 53.4 Å². The Bertz CT molecular complexity index is 946. The molecule has 10 heteroatoms. The molecule has 1 aliphatic rings. The molecule has 1 aliphatic heterocycles. The molecule has 0 spiro atoms. The monoisotopic (exact) mass is 421 g/mol. The minimum absolute atomic E-state index is 0.212. The van der Waals surface area contributed by atoms with Crippen LogP contribution < -0.4 is 9.46 Å². The lowest BCUT2D eigenvalue weighted by molar-refractivity contribution is -0.387. The van der Waals surface area contributed by atoms with Gasteiger partial charge in [-0.2, -0.15) is 0 Å². The number of hydrogen-bond acceptors (Lipinski definition) is 7. The summed E-state index contributed by atoms with van der Waals surface area (Å²) in [5.41, 5.74) is 0.244. The first-order valence-electron chi connectivity index (χ1n) is 9.10. The molecule has 1 heterocycles. The third-order valence-corrected chi connectivity index (χ3v) is 6.22. The molecule has 0 bridgehead atoms. The van der Waals surface area contributed by atoms with Crippen LogP contribution in [0.2, 0.25) is 0 Å². The van der Waals surface area contributed by atoms with Gasteiger partial charge < -0.3 is 9.47 Å². The Morgan fingerprint density at radius 1 is 1.21 bits per heavy atom. The zero-order valence-corrected chi connectivity index (χ0v) is 16.8. The largest absolute Gasteiger partial charge is 0.497 e. The summed E-state index contributed by atoms with van der Waals surface area (Å²) in [5.74, 6) is 0.212. The minimum Gasteiger partial charge on any atom is -0.497 e. The number of sulfonamides is 1. The second-order valence-electron chi connectivity index (χ2n) is 6.59. The van der Waals surface area contributed by atoms with Gasteiger partial charge in [0.2, 0.25) is 10.0 Å². The van der Waals surface area contributed by atoms with Crippen LogP contribution in [0.4, 0.5) is 5.69 Å². The van der Waals surface area contributed by atoms with E-state index in [1.54, 1.807) is 0 Å². The van der Waals surface area contributed by atoms with Crippen LogP contribution in [-0.2, 0) is 14.8 Å². The van der Waals surface area contributed by atoms with Crippen molar-refractivity contribution in [2.45, 2.75) is 10.9 Å². The molecule has 2 aromatic rings. The highest BCUT2D eigenvalue weighted by molar-refractivity contribution is 7.89. The van der Waals surface area contributed by atoms with E-state index in [4.69, 9.17) is 9.47 Å². The Balaban J connectivity index is 1.92. The average Bonchev–Trinajstić information content (AvgIpc) is 2.74. The number of nitro groups is 1. The Hall–Kier alpha value is -2.53. The summed E-state index contributed by atoms with van der Waals surface area (Å²) in [6.45, 7) is 2.97. The maximum atomic E-state index is 13.1. The van der Waals surface area contributed by atoms with Crippen molar-refractivity contribution in [1.29, 1.82) is 0 Å². The van der Waals surface area contributed by atoms with E-state index in [0.29, 0.717) is 32.8 Å². The van der Waals surface area contributed by atoms with Crippen LogP contribution in [0.1, 0.15) is 11.6 Å². The van der Waals surface area contributed by atoms with E-state index in [0.717, 1.165) is 11.6 Å². The predicted octanol–water partition coefficient (Wildman–Crippen LogP) is 1.96. The standard InChI is InChI=1S/C19H23N3O6S/c1-27-16-7-8-19(18(13-16)22(23)24)29(25,26)20-17(15-5-3-2-4-6-15)14-21-9-11-28-12-10-21/h2-8,13,17,20H,9-12,14H2,1H3. The van der Waals surface area contributed by atoms with E-state index in [-0.39, 0.29) is 5.75 Å². The lowest BCUT2D eigenvalue weighted by Crippen LogP contribution is -2.43. The van der Waals surface area contributed by atoms with Gasteiger partial charge in [-0.25, -0.2) is 13.1 Å². The molecule has 29 heavy (non-hydrogen) atoms. The molecule has 0 radical (unpaired) electrons. The van der Waals surface area contributed by atoms with E-state index >= 15 is 0 Å². The van der Waals surface area contributed by atoms with Crippen LogP contribution in [0.25, 0.3) is 0 Å². The summed E-state index contributed by atoms with van der Waals surface area (Å²) < 4.78 is 39.2. The fraction of sp³-hybridized carbons (Fsp3) is 0.368. The quantitative estimate of drug-likeness (QED) is 0.512. The van der Waals surface area contributed by atoms with Gasteiger partial charge in [0.05, 0.1) is 37.4 Å². The van der Waals surface area contributed by atoms with Crippen LogP contribution >= 0.6 is 0 Å². The van der Waals surface area contributed by atoms with Gasteiger partial charge in [-0.05, 0) is 17.7 Å². The second kappa shape index (κ2) is 9.31. The molecule has 0 saturated carbocycles. The van der Waals surface area contributed by atoms with Gasteiger partial charge in [-0.15, -0.1) is 0 Å². The summed E-state index contributed by atoms with van der Waals surface area (Å²) >= 11 is 0. The predicted molar refractivity (Wildman–Crippen MR) is 106 cm³/mol. The van der Waals surface area contributed by atoms with Crippen molar-refractivity contribution >= 4 is 15.7 Å². The third-order valence-electron chi connectivity index (χ3n) is 4.70. The van der Waals surface area contributed by atoms with Crippen molar-refractivity contribution in [3.05, 3.63) is 64.2 Å². The van der Waals surface area contributed by atoms with Crippen molar-refractivity contribution in [2.75, 3.05) is 40.0 Å². The fourth-order valence-corrected chi connectivity index (χ4v) is 4.55. The summed E-state index contributed by atoms with van der Waals surface area (Å²) in [7, 11) is -2.80. The molecule has 9 nitrogen and oxygen atoms in total. The van der Waals surface area contributed by atoms with Gasteiger partial charge in [0.25, 0.3) is 5.69 Å². The van der Waals surface area contributed by atoms with E-state index in [1.807, 2.05) is 30.3 Å². The second-order valence-corrected chi connectivity index (χ2v) is 8.27. The molecular formula is C19H23N3O6S. The number of benzene rings is 2. The summed E-state index contributed by atoms with van der Waals surface area (Å²) in [5, 5.41) is 11.4. The number of ether oxygens (including phenoxy) is 2. The maximum Gasteiger partial charge on any atom is 0.293 e. The molecule has 3 rings (SSSR count). The lowest BCUT2D eigenvalue weighted by atomic mass is 10.1. The normalized spacial score (nSPS) is 16.3. The van der Waals surface area contributed by atoms with Gasteiger partial charge in [-0.1, -0.05) is 30.3 Å². The maximum absolute atomic E-state index is 13.1. The summed E-state index contributed by atoms with van der Waals surface area (Å²) in [6.07, 6.45) is 0. The zero-order valence-electron chi connectivity index (χ0n) is 16.0. The number of hydrogen-bond donors (Lipinski definition) is 1. The van der Waals surface area contributed by atoms with Crippen LogP contribution in [0, 0.1) is 10.1 Å². The van der Waals surface area contributed by atoms with Gasteiger partial charge in [0.15, 0.2) is 4.90 Å². The molecule has 2 aromatic carbocycles. The highest BCUT2D eigenvalue weighted by atomic mass is 32.2. The molecule has 1 unspecified atom stereocenters. The van der Waals surface area contributed by atoms with Gasteiger partial charge >= 0.3 is 0 Å². The third kappa shape index (κ3) is 5.30. The highest BCUT2D eigenvalue weighted by Gasteiger charge is 2.30. The Morgan fingerprint density at radius 3 is 2.52 bits per heavy atom. The molecule has 1 N–H and O–H groups in total. The number of nitrogens with one attached hydrogen (secondary N) is 1. The van der Waals surface area contributed by atoms with E-state index in [9.17, 15) is 18.5 Å². The smallest absolute Gasteiger partial charge is 0.293 e. The first-order chi connectivity index (χ1) is 13.9. The van der Waals surface area contributed by atoms with Crippen LogP contribution in [0.3, 0.4) is 0 Å². The summed E-state index contributed by atoms with van der Waals surface area (Å²) in [6, 6.07) is 12.3.